The molecule has 0 fully saturated rings. The van der Waals surface area contributed by atoms with Crippen LogP contribution in [-0.2, 0) is 16.1 Å². The van der Waals surface area contributed by atoms with Gasteiger partial charge < -0.3 is 10.4 Å². The maximum Gasteiger partial charge on any atom is 0.303 e. The number of rotatable bonds is 5. The molecule has 1 heterocycles. The zero-order chi connectivity index (χ0) is 11.3. The summed E-state index contributed by atoms with van der Waals surface area (Å²) >= 11 is 1.52. The SMILES string of the molecule is Cc1nc(CNC(=O)CCC(=O)O)cs1. The number of amides is 1. The lowest BCUT2D eigenvalue weighted by Gasteiger charge is -2.00. The molecule has 6 heteroatoms. The molecule has 0 unspecified atom stereocenters. The van der Waals surface area contributed by atoms with Gasteiger partial charge in [0.1, 0.15) is 0 Å². The zero-order valence-electron chi connectivity index (χ0n) is 8.32. The molecule has 0 aliphatic heterocycles. The number of aliphatic carboxylic acids is 1. The van der Waals surface area contributed by atoms with Gasteiger partial charge in [0.2, 0.25) is 5.91 Å². The summed E-state index contributed by atoms with van der Waals surface area (Å²) in [6.07, 6.45) is -0.125. The Hall–Kier alpha value is -1.43. The Bertz CT molecular complexity index is 362. The third-order valence-electron chi connectivity index (χ3n) is 1.70. The fourth-order valence-corrected chi connectivity index (χ4v) is 1.60. The van der Waals surface area contributed by atoms with Crippen LogP contribution in [0.5, 0.6) is 0 Å². The van der Waals surface area contributed by atoms with E-state index in [0.717, 1.165) is 10.7 Å². The van der Waals surface area contributed by atoms with Crippen molar-refractivity contribution in [1.82, 2.24) is 10.3 Å². The van der Waals surface area contributed by atoms with Crippen molar-refractivity contribution in [1.29, 1.82) is 0 Å². The molecule has 0 aliphatic carbocycles. The zero-order valence-corrected chi connectivity index (χ0v) is 9.13. The summed E-state index contributed by atoms with van der Waals surface area (Å²) in [7, 11) is 0. The van der Waals surface area contributed by atoms with Crippen LogP contribution in [0, 0.1) is 6.92 Å². The monoisotopic (exact) mass is 228 g/mol. The largest absolute Gasteiger partial charge is 0.481 e. The maximum atomic E-state index is 11.1. The molecular formula is C9H12N2O3S. The van der Waals surface area contributed by atoms with Gasteiger partial charge >= 0.3 is 5.97 Å². The number of nitrogens with one attached hydrogen (secondary N) is 1. The topological polar surface area (TPSA) is 79.3 Å². The first-order valence-electron chi connectivity index (χ1n) is 4.47. The van der Waals surface area contributed by atoms with Crippen LogP contribution in [0.1, 0.15) is 23.5 Å². The number of carbonyl (C=O) groups excluding carboxylic acids is 1. The molecule has 1 aromatic rings. The quantitative estimate of drug-likeness (QED) is 0.785. The van der Waals surface area contributed by atoms with Crippen LogP contribution in [0.3, 0.4) is 0 Å². The molecule has 0 saturated carbocycles. The number of carboxylic acids is 1. The fourth-order valence-electron chi connectivity index (χ4n) is 0.987. The number of aryl methyl sites for hydroxylation is 1. The van der Waals surface area contributed by atoms with E-state index < -0.39 is 5.97 Å². The number of thiazole rings is 1. The average molecular weight is 228 g/mol. The van der Waals surface area contributed by atoms with Gasteiger partial charge in [-0.15, -0.1) is 11.3 Å². The van der Waals surface area contributed by atoms with Gasteiger partial charge in [-0.05, 0) is 6.92 Å². The van der Waals surface area contributed by atoms with Gasteiger partial charge in [0.05, 0.1) is 23.7 Å². The first-order valence-corrected chi connectivity index (χ1v) is 5.35. The average Bonchev–Trinajstić information content (AvgIpc) is 2.58. The second-order valence-electron chi connectivity index (χ2n) is 3.03. The predicted octanol–water partition coefficient (Wildman–Crippen LogP) is 0.933. The van der Waals surface area contributed by atoms with Gasteiger partial charge in [-0.1, -0.05) is 0 Å². The molecule has 1 aromatic heterocycles. The highest BCUT2D eigenvalue weighted by Crippen LogP contribution is 2.07. The summed E-state index contributed by atoms with van der Waals surface area (Å²) in [5.74, 6) is -1.22. The Labute approximate surface area is 91.1 Å². The van der Waals surface area contributed by atoms with Gasteiger partial charge in [-0.3, -0.25) is 9.59 Å². The number of nitrogens with zero attached hydrogens (tertiary/aromatic N) is 1. The normalized spacial score (nSPS) is 9.93. The van der Waals surface area contributed by atoms with Crippen molar-refractivity contribution in [2.75, 3.05) is 0 Å². The van der Waals surface area contributed by atoms with Crippen LogP contribution in [0.4, 0.5) is 0 Å². The van der Waals surface area contributed by atoms with Gasteiger partial charge in [0, 0.05) is 11.8 Å². The third kappa shape index (κ3) is 4.55. The van der Waals surface area contributed by atoms with E-state index in [2.05, 4.69) is 10.3 Å². The molecule has 1 amide bonds. The molecule has 0 bridgehead atoms. The van der Waals surface area contributed by atoms with Crippen LogP contribution in [-0.4, -0.2) is 22.0 Å². The van der Waals surface area contributed by atoms with Crippen molar-refractivity contribution < 1.29 is 14.7 Å². The van der Waals surface area contributed by atoms with Crippen molar-refractivity contribution >= 4 is 23.2 Å². The lowest BCUT2D eigenvalue weighted by molar-refractivity contribution is -0.138. The smallest absolute Gasteiger partial charge is 0.303 e. The minimum atomic E-state index is -0.963. The van der Waals surface area contributed by atoms with E-state index >= 15 is 0 Å². The van der Waals surface area contributed by atoms with Gasteiger partial charge in [0.25, 0.3) is 0 Å². The third-order valence-corrected chi connectivity index (χ3v) is 2.52. The van der Waals surface area contributed by atoms with Crippen molar-refractivity contribution in [2.45, 2.75) is 26.3 Å². The molecule has 0 spiro atoms. The fraction of sp³-hybridized carbons (Fsp3) is 0.444. The van der Waals surface area contributed by atoms with E-state index in [1.807, 2.05) is 12.3 Å². The van der Waals surface area contributed by atoms with Crippen LogP contribution in [0.15, 0.2) is 5.38 Å². The van der Waals surface area contributed by atoms with Gasteiger partial charge in [0.15, 0.2) is 0 Å². The van der Waals surface area contributed by atoms with E-state index in [4.69, 9.17) is 5.11 Å². The molecule has 0 atom stereocenters. The summed E-state index contributed by atoms with van der Waals surface area (Å²) in [4.78, 5) is 25.5. The summed E-state index contributed by atoms with van der Waals surface area (Å²) in [6, 6.07) is 0. The van der Waals surface area contributed by atoms with Crippen LogP contribution in [0.2, 0.25) is 0 Å². The lowest BCUT2D eigenvalue weighted by Crippen LogP contribution is -2.23. The molecule has 2 N–H and O–H groups in total. The minimum Gasteiger partial charge on any atom is -0.481 e. The molecule has 0 radical (unpaired) electrons. The Morgan fingerprint density at radius 3 is 2.80 bits per heavy atom. The summed E-state index contributed by atoms with van der Waals surface area (Å²) in [5.41, 5.74) is 0.807. The predicted molar refractivity (Wildman–Crippen MR) is 55.6 cm³/mol. The number of aromatic nitrogens is 1. The highest BCUT2D eigenvalue weighted by atomic mass is 32.1. The summed E-state index contributed by atoms with van der Waals surface area (Å²) in [5, 5.41) is 13.8. The molecular weight excluding hydrogens is 216 g/mol. The Kier molecular flexibility index (Phi) is 4.23. The van der Waals surface area contributed by atoms with Crippen molar-refractivity contribution in [3.05, 3.63) is 16.1 Å². The van der Waals surface area contributed by atoms with E-state index in [0.29, 0.717) is 6.54 Å². The first-order chi connectivity index (χ1) is 7.08. The van der Waals surface area contributed by atoms with Gasteiger partial charge in [-0.2, -0.15) is 0 Å². The molecule has 15 heavy (non-hydrogen) atoms. The Morgan fingerprint density at radius 2 is 2.27 bits per heavy atom. The number of carbonyl (C=O) groups is 2. The van der Waals surface area contributed by atoms with E-state index in [1.54, 1.807) is 0 Å². The molecule has 1 rings (SSSR count). The summed E-state index contributed by atoms with van der Waals surface area (Å²) in [6.45, 7) is 2.25. The van der Waals surface area contributed by atoms with Gasteiger partial charge in [-0.25, -0.2) is 4.98 Å². The second-order valence-corrected chi connectivity index (χ2v) is 4.09. The maximum absolute atomic E-state index is 11.1. The lowest BCUT2D eigenvalue weighted by atomic mass is 10.3. The molecule has 5 nitrogen and oxygen atoms in total. The van der Waals surface area contributed by atoms with Crippen LogP contribution >= 0.6 is 11.3 Å². The van der Waals surface area contributed by atoms with Crippen molar-refractivity contribution in [3.8, 4) is 0 Å². The Morgan fingerprint density at radius 1 is 1.53 bits per heavy atom. The van der Waals surface area contributed by atoms with Crippen LogP contribution in [0.25, 0.3) is 0 Å². The van der Waals surface area contributed by atoms with Crippen LogP contribution < -0.4 is 5.32 Å². The minimum absolute atomic E-state index is 0.0124. The van der Waals surface area contributed by atoms with E-state index in [-0.39, 0.29) is 18.7 Å². The van der Waals surface area contributed by atoms with E-state index in [9.17, 15) is 9.59 Å². The molecule has 0 aliphatic rings. The van der Waals surface area contributed by atoms with Crippen molar-refractivity contribution in [2.24, 2.45) is 0 Å². The molecule has 0 aromatic carbocycles. The second kappa shape index (κ2) is 5.45. The van der Waals surface area contributed by atoms with E-state index in [1.165, 1.54) is 11.3 Å². The number of hydrogen-bond donors (Lipinski definition) is 2. The highest BCUT2D eigenvalue weighted by Gasteiger charge is 2.05. The highest BCUT2D eigenvalue weighted by molar-refractivity contribution is 7.09. The number of hydrogen-bond acceptors (Lipinski definition) is 4. The van der Waals surface area contributed by atoms with Crippen molar-refractivity contribution in [3.63, 3.8) is 0 Å². The Balaban J connectivity index is 2.25. The first kappa shape index (κ1) is 11.6. The standard InChI is InChI=1S/C9H12N2O3S/c1-6-11-7(5-15-6)4-10-8(12)2-3-9(13)14/h5H,2-4H2,1H3,(H,10,12)(H,13,14). The summed E-state index contributed by atoms with van der Waals surface area (Å²) < 4.78 is 0. The molecule has 0 saturated heterocycles. The molecule has 82 valence electrons. The number of carboxylic acid groups (broad SMARTS) is 1.